The molecule has 1 N–H and O–H groups in total. The highest BCUT2D eigenvalue weighted by atomic mass is 19.1. The van der Waals surface area contributed by atoms with Gasteiger partial charge in [-0.1, -0.05) is 31.0 Å². The van der Waals surface area contributed by atoms with Crippen molar-refractivity contribution in [3.8, 4) is 0 Å². The number of hydrogen-bond acceptors (Lipinski definition) is 1. The first-order valence-corrected chi connectivity index (χ1v) is 6.50. The van der Waals surface area contributed by atoms with E-state index in [0.29, 0.717) is 24.3 Å². The maximum absolute atomic E-state index is 13.9. The van der Waals surface area contributed by atoms with Crippen LogP contribution in [0.2, 0.25) is 0 Å². The lowest BCUT2D eigenvalue weighted by molar-refractivity contribution is 0.0164. The van der Waals surface area contributed by atoms with Crippen LogP contribution in [0.1, 0.15) is 50.2 Å². The van der Waals surface area contributed by atoms with E-state index in [4.69, 9.17) is 0 Å². The number of benzene rings is 1. The summed E-state index contributed by atoms with van der Waals surface area (Å²) in [4.78, 5) is 0. The van der Waals surface area contributed by atoms with Gasteiger partial charge in [-0.05, 0) is 44.6 Å². The van der Waals surface area contributed by atoms with Crippen molar-refractivity contribution in [1.29, 1.82) is 0 Å². The molecule has 94 valence electrons. The highest BCUT2D eigenvalue weighted by Crippen LogP contribution is 2.38. The van der Waals surface area contributed by atoms with Crippen molar-refractivity contribution in [2.75, 3.05) is 0 Å². The molecule has 1 aliphatic rings. The largest absolute Gasteiger partial charge is 0.385 e. The van der Waals surface area contributed by atoms with Gasteiger partial charge in [-0.3, -0.25) is 0 Å². The lowest BCUT2D eigenvalue weighted by Crippen LogP contribution is -2.26. The molecule has 1 aliphatic carbocycles. The molecule has 0 amide bonds. The van der Waals surface area contributed by atoms with Crippen molar-refractivity contribution in [3.63, 3.8) is 0 Å². The zero-order chi connectivity index (χ0) is 12.5. The standard InChI is InChI=1S/C15H21FO/c1-11-4-3-8-15(17,9-7-11)13-10-12(2)5-6-14(13)16/h5-6,10-11,17H,3-4,7-9H2,1-2H3. The molecule has 1 fully saturated rings. The Morgan fingerprint density at radius 2 is 2.06 bits per heavy atom. The Morgan fingerprint density at radius 3 is 2.82 bits per heavy atom. The molecule has 0 radical (unpaired) electrons. The third-order valence-corrected chi connectivity index (χ3v) is 3.96. The summed E-state index contributed by atoms with van der Waals surface area (Å²) in [5.41, 5.74) is 0.541. The first kappa shape index (κ1) is 12.6. The van der Waals surface area contributed by atoms with Gasteiger partial charge in [0.15, 0.2) is 0 Å². The molecule has 1 aromatic carbocycles. The number of aryl methyl sites for hydroxylation is 1. The van der Waals surface area contributed by atoms with Crippen LogP contribution in [0.4, 0.5) is 4.39 Å². The molecule has 2 atom stereocenters. The van der Waals surface area contributed by atoms with E-state index >= 15 is 0 Å². The second kappa shape index (κ2) is 4.77. The molecule has 0 aromatic heterocycles. The van der Waals surface area contributed by atoms with E-state index in [1.54, 1.807) is 12.1 Å². The first-order valence-electron chi connectivity index (χ1n) is 6.50. The van der Waals surface area contributed by atoms with Crippen LogP contribution in [0.25, 0.3) is 0 Å². The van der Waals surface area contributed by atoms with Crippen molar-refractivity contribution >= 4 is 0 Å². The highest BCUT2D eigenvalue weighted by Gasteiger charge is 2.33. The van der Waals surface area contributed by atoms with Gasteiger partial charge in [0.05, 0.1) is 5.60 Å². The van der Waals surface area contributed by atoms with Crippen LogP contribution in [0.3, 0.4) is 0 Å². The Balaban J connectivity index is 2.33. The van der Waals surface area contributed by atoms with Crippen molar-refractivity contribution in [1.82, 2.24) is 0 Å². The number of hydrogen-bond donors (Lipinski definition) is 1. The smallest absolute Gasteiger partial charge is 0.129 e. The molecule has 0 aliphatic heterocycles. The minimum atomic E-state index is -0.957. The van der Waals surface area contributed by atoms with E-state index in [1.807, 2.05) is 6.92 Å². The summed E-state index contributed by atoms with van der Waals surface area (Å²) in [6, 6.07) is 5.02. The van der Waals surface area contributed by atoms with E-state index in [1.165, 1.54) is 6.07 Å². The van der Waals surface area contributed by atoms with Gasteiger partial charge in [-0.25, -0.2) is 4.39 Å². The zero-order valence-corrected chi connectivity index (χ0v) is 10.7. The topological polar surface area (TPSA) is 20.2 Å². The fourth-order valence-electron chi connectivity index (χ4n) is 2.76. The summed E-state index contributed by atoms with van der Waals surface area (Å²) in [6.45, 7) is 4.14. The molecule has 1 saturated carbocycles. The van der Waals surface area contributed by atoms with Crippen molar-refractivity contribution in [3.05, 3.63) is 35.1 Å². The van der Waals surface area contributed by atoms with Gasteiger partial charge in [-0.2, -0.15) is 0 Å². The normalized spacial score (nSPS) is 30.0. The minimum absolute atomic E-state index is 0.271. The summed E-state index contributed by atoms with van der Waals surface area (Å²) in [5.74, 6) is 0.365. The van der Waals surface area contributed by atoms with Gasteiger partial charge in [0, 0.05) is 5.56 Å². The highest BCUT2D eigenvalue weighted by molar-refractivity contribution is 5.29. The molecule has 2 rings (SSSR count). The Bertz CT molecular complexity index is 402. The van der Waals surface area contributed by atoms with Gasteiger partial charge in [0.1, 0.15) is 5.82 Å². The molecule has 0 saturated heterocycles. The van der Waals surface area contributed by atoms with Crippen molar-refractivity contribution in [2.45, 2.75) is 51.6 Å². The van der Waals surface area contributed by atoms with Crippen LogP contribution >= 0.6 is 0 Å². The molecule has 17 heavy (non-hydrogen) atoms. The predicted octanol–water partition coefficient (Wildman–Crippen LogP) is 3.92. The second-order valence-electron chi connectivity index (χ2n) is 5.55. The van der Waals surface area contributed by atoms with E-state index in [9.17, 15) is 9.50 Å². The summed E-state index contributed by atoms with van der Waals surface area (Å²) >= 11 is 0. The molecule has 0 spiro atoms. The maximum Gasteiger partial charge on any atom is 0.129 e. The van der Waals surface area contributed by atoms with E-state index < -0.39 is 5.60 Å². The second-order valence-corrected chi connectivity index (χ2v) is 5.55. The van der Waals surface area contributed by atoms with Crippen LogP contribution in [0.15, 0.2) is 18.2 Å². The van der Waals surface area contributed by atoms with Gasteiger partial charge in [-0.15, -0.1) is 0 Å². The molecular weight excluding hydrogens is 215 g/mol. The predicted molar refractivity (Wildman–Crippen MR) is 67.3 cm³/mol. The van der Waals surface area contributed by atoms with Crippen LogP contribution in [0.5, 0.6) is 0 Å². The SMILES string of the molecule is Cc1ccc(F)c(C2(O)CCCC(C)CC2)c1. The molecule has 2 unspecified atom stereocenters. The van der Waals surface area contributed by atoms with Gasteiger partial charge in [0.2, 0.25) is 0 Å². The fourth-order valence-corrected chi connectivity index (χ4v) is 2.76. The Kier molecular flexibility index (Phi) is 3.53. The number of halogens is 1. The van der Waals surface area contributed by atoms with Crippen molar-refractivity contribution < 1.29 is 9.50 Å². The van der Waals surface area contributed by atoms with E-state index in [0.717, 1.165) is 24.8 Å². The monoisotopic (exact) mass is 236 g/mol. The Morgan fingerprint density at radius 1 is 1.29 bits per heavy atom. The van der Waals surface area contributed by atoms with Crippen LogP contribution in [0, 0.1) is 18.7 Å². The Labute approximate surface area is 103 Å². The third kappa shape index (κ3) is 2.68. The maximum atomic E-state index is 13.9. The molecule has 1 aromatic rings. The van der Waals surface area contributed by atoms with Crippen LogP contribution in [-0.4, -0.2) is 5.11 Å². The average Bonchev–Trinajstić information content (AvgIpc) is 2.46. The Hall–Kier alpha value is -0.890. The summed E-state index contributed by atoms with van der Waals surface area (Å²) in [7, 11) is 0. The summed E-state index contributed by atoms with van der Waals surface area (Å²) < 4.78 is 13.9. The van der Waals surface area contributed by atoms with Crippen LogP contribution < -0.4 is 0 Å². The zero-order valence-electron chi connectivity index (χ0n) is 10.7. The quantitative estimate of drug-likeness (QED) is 0.733. The lowest BCUT2D eigenvalue weighted by atomic mass is 9.85. The first-order chi connectivity index (χ1) is 8.01. The summed E-state index contributed by atoms with van der Waals surface area (Å²) in [5, 5.41) is 10.7. The molecule has 1 nitrogen and oxygen atoms in total. The van der Waals surface area contributed by atoms with Crippen molar-refractivity contribution in [2.24, 2.45) is 5.92 Å². The molecule has 2 heteroatoms. The minimum Gasteiger partial charge on any atom is -0.385 e. The molecule has 0 bridgehead atoms. The third-order valence-electron chi connectivity index (χ3n) is 3.96. The van der Waals surface area contributed by atoms with Gasteiger partial charge in [0.25, 0.3) is 0 Å². The van der Waals surface area contributed by atoms with Gasteiger partial charge >= 0.3 is 0 Å². The van der Waals surface area contributed by atoms with Gasteiger partial charge < -0.3 is 5.11 Å². The molecular formula is C15H21FO. The number of rotatable bonds is 1. The van der Waals surface area contributed by atoms with E-state index in [-0.39, 0.29) is 5.82 Å². The average molecular weight is 236 g/mol. The fraction of sp³-hybridized carbons (Fsp3) is 0.600. The lowest BCUT2D eigenvalue weighted by Gasteiger charge is -2.28. The van der Waals surface area contributed by atoms with E-state index in [2.05, 4.69) is 6.92 Å². The summed E-state index contributed by atoms with van der Waals surface area (Å²) in [6.07, 6.45) is 4.44. The number of aliphatic hydroxyl groups is 1. The molecule has 0 heterocycles. The van der Waals surface area contributed by atoms with Crippen LogP contribution in [-0.2, 0) is 5.60 Å².